The molecule has 0 saturated carbocycles. The Morgan fingerprint density at radius 2 is 1.92 bits per heavy atom. The maximum atomic E-state index is 13.7. The third kappa shape index (κ3) is 5.45. The number of nitrogens with one attached hydrogen (secondary N) is 1. The van der Waals surface area contributed by atoms with Crippen LogP contribution in [0.15, 0.2) is 66.9 Å². The van der Waals surface area contributed by atoms with Crippen molar-refractivity contribution in [2.45, 2.75) is 20.1 Å². The molecule has 0 aliphatic rings. The molecule has 0 spiro atoms. The van der Waals surface area contributed by atoms with Gasteiger partial charge in [-0.25, -0.2) is 18.4 Å². The standard InChI is InChI=1S/C27H20ClF2N5O3S/c1-14-7-8-17(28)20(11-14)38-13-35-10-9-18(34-35)26(37)33-22-21-16(15-5-3-2-4-6-15)12-19(24(29)30)32-27(21)39-23(22)25(31)36/h2-12,24H,13H2,1H3,(H2,31,36)(H,33,37). The number of carbonyl (C=O) groups excluding carboxylic acids is 2. The molecular weight excluding hydrogens is 548 g/mol. The fraction of sp³-hybridized carbons (Fsp3) is 0.111. The van der Waals surface area contributed by atoms with Crippen LogP contribution in [0, 0.1) is 6.92 Å². The Morgan fingerprint density at radius 3 is 2.64 bits per heavy atom. The van der Waals surface area contributed by atoms with Crippen LogP contribution >= 0.6 is 22.9 Å². The Morgan fingerprint density at radius 1 is 1.15 bits per heavy atom. The highest BCUT2D eigenvalue weighted by Gasteiger charge is 2.25. The molecule has 12 heteroatoms. The highest BCUT2D eigenvalue weighted by Crippen LogP contribution is 2.42. The Balaban J connectivity index is 1.49. The molecule has 0 fully saturated rings. The van der Waals surface area contributed by atoms with E-state index in [2.05, 4.69) is 15.4 Å². The topological polar surface area (TPSA) is 112 Å². The quantitative estimate of drug-likeness (QED) is 0.224. The normalized spacial score (nSPS) is 11.2. The third-order valence-electron chi connectivity index (χ3n) is 5.76. The Labute approximate surface area is 230 Å². The zero-order valence-corrected chi connectivity index (χ0v) is 21.9. The predicted molar refractivity (Wildman–Crippen MR) is 146 cm³/mol. The fourth-order valence-electron chi connectivity index (χ4n) is 3.96. The Bertz CT molecular complexity index is 1700. The van der Waals surface area contributed by atoms with Crippen LogP contribution in [-0.2, 0) is 6.73 Å². The summed E-state index contributed by atoms with van der Waals surface area (Å²) in [6, 6.07) is 16.8. The van der Waals surface area contributed by atoms with Gasteiger partial charge < -0.3 is 15.8 Å². The van der Waals surface area contributed by atoms with E-state index < -0.39 is 23.9 Å². The van der Waals surface area contributed by atoms with Gasteiger partial charge in [-0.1, -0.05) is 48.0 Å². The first-order valence-corrected chi connectivity index (χ1v) is 12.7. The number of hydrogen-bond donors (Lipinski definition) is 2. The molecule has 3 N–H and O–H groups in total. The van der Waals surface area contributed by atoms with E-state index in [1.165, 1.54) is 16.8 Å². The van der Waals surface area contributed by atoms with Gasteiger partial charge in [-0.15, -0.1) is 11.3 Å². The molecule has 0 aliphatic carbocycles. The van der Waals surface area contributed by atoms with E-state index in [-0.39, 0.29) is 27.8 Å². The summed E-state index contributed by atoms with van der Waals surface area (Å²) in [5.74, 6) is -1.00. The van der Waals surface area contributed by atoms with Crippen LogP contribution < -0.4 is 15.8 Å². The van der Waals surface area contributed by atoms with E-state index >= 15 is 0 Å². The highest BCUT2D eigenvalue weighted by molar-refractivity contribution is 7.21. The van der Waals surface area contributed by atoms with Gasteiger partial charge in [0.2, 0.25) is 0 Å². The minimum atomic E-state index is -2.84. The van der Waals surface area contributed by atoms with Gasteiger partial charge in [-0.2, -0.15) is 5.10 Å². The highest BCUT2D eigenvalue weighted by atomic mass is 35.5. The molecule has 0 saturated heterocycles. The average molecular weight is 568 g/mol. The summed E-state index contributed by atoms with van der Waals surface area (Å²) < 4.78 is 34.4. The number of pyridine rings is 1. The summed E-state index contributed by atoms with van der Waals surface area (Å²) in [6.07, 6.45) is -1.29. The maximum absolute atomic E-state index is 13.7. The molecular formula is C27H20ClF2N5O3S. The lowest BCUT2D eigenvalue weighted by Crippen LogP contribution is -2.18. The molecule has 2 amide bonds. The number of carbonyl (C=O) groups is 2. The molecule has 0 bridgehead atoms. The molecule has 5 aromatic rings. The van der Waals surface area contributed by atoms with Gasteiger partial charge in [-0.3, -0.25) is 9.59 Å². The maximum Gasteiger partial charge on any atom is 0.280 e. The van der Waals surface area contributed by atoms with Crippen LogP contribution in [0.2, 0.25) is 5.02 Å². The second kappa shape index (κ2) is 10.8. The van der Waals surface area contributed by atoms with E-state index in [9.17, 15) is 18.4 Å². The molecule has 2 aromatic carbocycles. The van der Waals surface area contributed by atoms with Gasteiger partial charge in [0.25, 0.3) is 18.2 Å². The van der Waals surface area contributed by atoms with Gasteiger partial charge in [0.05, 0.1) is 10.7 Å². The number of nitrogens with two attached hydrogens (primary N) is 1. The molecule has 0 atom stereocenters. The number of aromatic nitrogens is 3. The van der Waals surface area contributed by atoms with Crippen molar-refractivity contribution in [3.05, 3.63) is 93.7 Å². The summed E-state index contributed by atoms with van der Waals surface area (Å²) in [5, 5.41) is 7.70. The van der Waals surface area contributed by atoms with Crippen molar-refractivity contribution in [2.75, 3.05) is 5.32 Å². The van der Waals surface area contributed by atoms with Gasteiger partial charge in [0.15, 0.2) is 12.4 Å². The molecule has 8 nitrogen and oxygen atoms in total. The van der Waals surface area contributed by atoms with Crippen molar-refractivity contribution in [2.24, 2.45) is 5.73 Å². The summed E-state index contributed by atoms with van der Waals surface area (Å²) in [6.45, 7) is 1.89. The van der Waals surface area contributed by atoms with Crippen molar-refractivity contribution in [1.29, 1.82) is 0 Å². The van der Waals surface area contributed by atoms with Crippen molar-refractivity contribution in [3.8, 4) is 16.9 Å². The predicted octanol–water partition coefficient (Wildman–Crippen LogP) is 6.45. The number of thiophene rings is 1. The zero-order valence-electron chi connectivity index (χ0n) is 20.3. The number of rotatable bonds is 8. The smallest absolute Gasteiger partial charge is 0.280 e. The lowest BCUT2D eigenvalue weighted by molar-refractivity contribution is 0.100. The van der Waals surface area contributed by atoms with Gasteiger partial charge >= 0.3 is 0 Å². The van der Waals surface area contributed by atoms with Gasteiger partial charge in [-0.05, 0) is 47.9 Å². The summed E-state index contributed by atoms with van der Waals surface area (Å²) >= 11 is 7.00. The van der Waals surface area contributed by atoms with Crippen LogP contribution in [0.3, 0.4) is 0 Å². The van der Waals surface area contributed by atoms with E-state index in [0.717, 1.165) is 16.9 Å². The summed E-state index contributed by atoms with van der Waals surface area (Å²) in [7, 11) is 0. The zero-order chi connectivity index (χ0) is 27.7. The fourth-order valence-corrected chi connectivity index (χ4v) is 5.14. The van der Waals surface area contributed by atoms with Crippen LogP contribution in [0.4, 0.5) is 14.5 Å². The molecule has 5 rings (SSSR count). The SMILES string of the molecule is Cc1ccc(Cl)c(OCn2ccc(C(=O)Nc3c(C(N)=O)sc4nc(C(F)F)cc(-c5ccccc5)c34)n2)c1. The number of benzene rings is 2. The minimum absolute atomic E-state index is 0.0111. The van der Waals surface area contributed by atoms with E-state index in [0.29, 0.717) is 27.3 Å². The van der Waals surface area contributed by atoms with Crippen LogP contribution in [0.25, 0.3) is 21.3 Å². The number of amides is 2. The number of hydrogen-bond acceptors (Lipinski definition) is 6. The van der Waals surface area contributed by atoms with E-state index in [1.54, 1.807) is 48.7 Å². The number of anilines is 1. The number of fused-ring (bicyclic) bond motifs is 1. The second-order valence-corrected chi connectivity index (χ2v) is 9.92. The minimum Gasteiger partial charge on any atom is -0.470 e. The first kappa shape index (κ1) is 26.3. The number of aryl methyl sites for hydroxylation is 1. The lowest BCUT2D eigenvalue weighted by atomic mass is 10.0. The van der Waals surface area contributed by atoms with Crippen molar-refractivity contribution >= 4 is 50.7 Å². The van der Waals surface area contributed by atoms with E-state index in [4.69, 9.17) is 22.1 Å². The number of primary amides is 1. The first-order valence-electron chi connectivity index (χ1n) is 11.6. The van der Waals surface area contributed by atoms with Crippen LogP contribution in [0.1, 0.15) is 37.8 Å². The number of alkyl halides is 2. The van der Waals surface area contributed by atoms with Crippen molar-refractivity contribution in [1.82, 2.24) is 14.8 Å². The molecule has 0 unspecified atom stereocenters. The Kier molecular flexibility index (Phi) is 7.27. The van der Waals surface area contributed by atoms with Gasteiger partial charge in [0, 0.05) is 11.6 Å². The van der Waals surface area contributed by atoms with Crippen molar-refractivity contribution < 1.29 is 23.1 Å². The Hall–Kier alpha value is -4.35. The molecule has 0 radical (unpaired) electrons. The summed E-state index contributed by atoms with van der Waals surface area (Å²) in [4.78, 5) is 29.7. The monoisotopic (exact) mass is 567 g/mol. The third-order valence-corrected chi connectivity index (χ3v) is 7.18. The number of ether oxygens (including phenoxy) is 1. The number of halogens is 3. The first-order chi connectivity index (χ1) is 18.7. The largest absolute Gasteiger partial charge is 0.470 e. The van der Waals surface area contributed by atoms with E-state index in [1.807, 2.05) is 13.0 Å². The molecule has 39 heavy (non-hydrogen) atoms. The van der Waals surface area contributed by atoms with Crippen LogP contribution in [-0.4, -0.2) is 26.6 Å². The van der Waals surface area contributed by atoms with Crippen molar-refractivity contribution in [3.63, 3.8) is 0 Å². The molecule has 198 valence electrons. The molecule has 3 aromatic heterocycles. The number of nitrogens with zero attached hydrogens (tertiary/aromatic N) is 3. The summed E-state index contributed by atoms with van der Waals surface area (Å²) in [5.41, 5.74) is 7.20. The average Bonchev–Trinajstić information content (AvgIpc) is 3.54. The molecule has 3 heterocycles. The van der Waals surface area contributed by atoms with Gasteiger partial charge in [0.1, 0.15) is 21.2 Å². The van der Waals surface area contributed by atoms with Crippen LogP contribution in [0.5, 0.6) is 5.75 Å². The lowest BCUT2D eigenvalue weighted by Gasteiger charge is -2.11. The molecule has 0 aliphatic heterocycles. The second-order valence-electron chi connectivity index (χ2n) is 8.51.